The molecular formula is C24H28N2O5. The van der Waals surface area contributed by atoms with Gasteiger partial charge in [0, 0.05) is 16.9 Å². The Labute approximate surface area is 182 Å². The predicted molar refractivity (Wildman–Crippen MR) is 118 cm³/mol. The van der Waals surface area contributed by atoms with Gasteiger partial charge in [0.2, 0.25) is 0 Å². The molecule has 7 nitrogen and oxygen atoms in total. The molecule has 2 aromatic carbocycles. The van der Waals surface area contributed by atoms with Gasteiger partial charge in [0.15, 0.2) is 6.61 Å². The Morgan fingerprint density at radius 3 is 2.13 bits per heavy atom. The number of amides is 2. The quantitative estimate of drug-likeness (QED) is 0.613. The minimum absolute atomic E-state index is 0.0882. The molecule has 1 aliphatic carbocycles. The summed E-state index contributed by atoms with van der Waals surface area (Å²) in [7, 11) is 0. The minimum atomic E-state index is -0.407. The normalized spacial score (nSPS) is 13.8. The summed E-state index contributed by atoms with van der Waals surface area (Å²) in [5, 5.41) is 5.48. The summed E-state index contributed by atoms with van der Waals surface area (Å²) in [6.45, 7) is 2.18. The summed E-state index contributed by atoms with van der Waals surface area (Å²) in [5.41, 5.74) is 1.64. The first-order chi connectivity index (χ1) is 15.0. The summed E-state index contributed by atoms with van der Waals surface area (Å²) in [6, 6.07) is 13.6. The maximum Gasteiger partial charge on any atom is 0.309 e. The molecule has 2 aromatic rings. The van der Waals surface area contributed by atoms with Crippen molar-refractivity contribution in [1.82, 2.24) is 0 Å². The first-order valence-corrected chi connectivity index (χ1v) is 10.7. The van der Waals surface area contributed by atoms with Crippen LogP contribution < -0.4 is 15.4 Å². The van der Waals surface area contributed by atoms with Gasteiger partial charge in [0.1, 0.15) is 5.75 Å². The molecule has 1 aliphatic rings. The highest BCUT2D eigenvalue weighted by molar-refractivity contribution is 6.04. The lowest BCUT2D eigenvalue weighted by molar-refractivity contribution is -0.152. The SMILES string of the molecule is CCOc1ccc(NC(=O)c2ccc(NC(=O)COC(=O)C3CCCCC3)cc2)cc1. The van der Waals surface area contributed by atoms with Crippen molar-refractivity contribution in [3.05, 3.63) is 54.1 Å². The fourth-order valence-electron chi connectivity index (χ4n) is 3.50. The lowest BCUT2D eigenvalue weighted by Crippen LogP contribution is -2.26. The van der Waals surface area contributed by atoms with E-state index in [1.165, 1.54) is 0 Å². The van der Waals surface area contributed by atoms with Gasteiger partial charge in [0.25, 0.3) is 11.8 Å². The minimum Gasteiger partial charge on any atom is -0.494 e. The number of benzene rings is 2. The van der Waals surface area contributed by atoms with Crippen LogP contribution in [0.15, 0.2) is 48.5 Å². The van der Waals surface area contributed by atoms with Crippen molar-refractivity contribution >= 4 is 29.2 Å². The molecule has 0 heterocycles. The Balaban J connectivity index is 1.45. The standard InChI is InChI=1S/C24H28N2O5/c1-2-30-21-14-12-20(13-15-21)26-23(28)17-8-10-19(11-9-17)25-22(27)16-31-24(29)18-6-4-3-5-7-18/h8-15,18H,2-7,16H2,1H3,(H,25,27)(H,26,28). The van der Waals surface area contributed by atoms with Crippen molar-refractivity contribution in [3.63, 3.8) is 0 Å². The van der Waals surface area contributed by atoms with Crippen LogP contribution in [0.2, 0.25) is 0 Å². The predicted octanol–water partition coefficient (Wildman–Crippen LogP) is 4.40. The zero-order valence-corrected chi connectivity index (χ0v) is 17.7. The van der Waals surface area contributed by atoms with Gasteiger partial charge in [-0.25, -0.2) is 0 Å². The highest BCUT2D eigenvalue weighted by Crippen LogP contribution is 2.24. The molecule has 0 aliphatic heterocycles. The van der Waals surface area contributed by atoms with E-state index in [9.17, 15) is 14.4 Å². The van der Waals surface area contributed by atoms with Crippen LogP contribution in [-0.4, -0.2) is 31.0 Å². The van der Waals surface area contributed by atoms with E-state index in [4.69, 9.17) is 9.47 Å². The van der Waals surface area contributed by atoms with Gasteiger partial charge in [0.05, 0.1) is 12.5 Å². The number of carbonyl (C=O) groups is 3. The van der Waals surface area contributed by atoms with Crippen molar-refractivity contribution in [1.29, 1.82) is 0 Å². The van der Waals surface area contributed by atoms with Crippen LogP contribution in [0.3, 0.4) is 0 Å². The second-order valence-electron chi connectivity index (χ2n) is 7.48. The van der Waals surface area contributed by atoms with Crippen LogP contribution in [0.4, 0.5) is 11.4 Å². The van der Waals surface area contributed by atoms with E-state index < -0.39 is 5.91 Å². The second-order valence-corrected chi connectivity index (χ2v) is 7.48. The smallest absolute Gasteiger partial charge is 0.309 e. The van der Waals surface area contributed by atoms with E-state index in [1.54, 1.807) is 48.5 Å². The molecule has 3 rings (SSSR count). The molecule has 0 bridgehead atoms. The Bertz CT molecular complexity index is 887. The zero-order chi connectivity index (χ0) is 22.1. The van der Waals surface area contributed by atoms with E-state index in [1.807, 2.05) is 6.92 Å². The first-order valence-electron chi connectivity index (χ1n) is 10.7. The van der Waals surface area contributed by atoms with Crippen LogP contribution in [0, 0.1) is 5.92 Å². The molecule has 31 heavy (non-hydrogen) atoms. The summed E-state index contributed by atoms with van der Waals surface area (Å²) < 4.78 is 10.5. The molecule has 2 N–H and O–H groups in total. The van der Waals surface area contributed by atoms with E-state index in [0.29, 0.717) is 23.5 Å². The molecule has 0 aromatic heterocycles. The van der Waals surface area contributed by atoms with Crippen LogP contribution in [0.5, 0.6) is 5.75 Å². The molecule has 0 atom stereocenters. The van der Waals surface area contributed by atoms with Crippen LogP contribution in [0.25, 0.3) is 0 Å². The third-order valence-electron chi connectivity index (χ3n) is 5.14. The Hall–Kier alpha value is -3.35. The molecule has 164 valence electrons. The van der Waals surface area contributed by atoms with E-state index in [0.717, 1.165) is 37.9 Å². The molecule has 1 fully saturated rings. The average molecular weight is 424 g/mol. The van der Waals surface area contributed by atoms with Gasteiger partial charge < -0.3 is 20.1 Å². The Morgan fingerprint density at radius 1 is 0.871 bits per heavy atom. The van der Waals surface area contributed by atoms with Crippen LogP contribution >= 0.6 is 0 Å². The number of anilines is 2. The molecule has 2 amide bonds. The summed E-state index contributed by atoms with van der Waals surface area (Å²) >= 11 is 0. The van der Waals surface area contributed by atoms with Gasteiger partial charge in [-0.1, -0.05) is 19.3 Å². The van der Waals surface area contributed by atoms with Gasteiger partial charge in [-0.15, -0.1) is 0 Å². The molecule has 0 spiro atoms. The third-order valence-corrected chi connectivity index (χ3v) is 5.14. The second kappa shape index (κ2) is 11.2. The average Bonchev–Trinajstić information content (AvgIpc) is 2.80. The number of hydrogen-bond acceptors (Lipinski definition) is 5. The Morgan fingerprint density at radius 2 is 1.48 bits per heavy atom. The summed E-state index contributed by atoms with van der Waals surface area (Å²) in [4.78, 5) is 36.5. The molecule has 1 saturated carbocycles. The lowest BCUT2D eigenvalue weighted by atomic mass is 9.89. The van der Waals surface area contributed by atoms with E-state index >= 15 is 0 Å². The fourth-order valence-corrected chi connectivity index (χ4v) is 3.50. The zero-order valence-electron chi connectivity index (χ0n) is 17.7. The highest BCUT2D eigenvalue weighted by Gasteiger charge is 2.23. The van der Waals surface area contributed by atoms with Crippen molar-refractivity contribution in [2.75, 3.05) is 23.8 Å². The first kappa shape index (κ1) is 22.3. The van der Waals surface area contributed by atoms with Crippen molar-refractivity contribution in [2.45, 2.75) is 39.0 Å². The summed E-state index contributed by atoms with van der Waals surface area (Å²) in [5.74, 6) is -0.310. The van der Waals surface area contributed by atoms with E-state index in [-0.39, 0.29) is 24.4 Å². The number of nitrogens with one attached hydrogen (secondary N) is 2. The topological polar surface area (TPSA) is 93.7 Å². The molecular weight excluding hydrogens is 396 g/mol. The van der Waals surface area contributed by atoms with Crippen molar-refractivity contribution in [3.8, 4) is 5.75 Å². The third kappa shape index (κ3) is 6.84. The van der Waals surface area contributed by atoms with E-state index in [2.05, 4.69) is 10.6 Å². The molecule has 0 unspecified atom stereocenters. The molecule has 7 heteroatoms. The maximum atomic E-state index is 12.4. The number of hydrogen-bond donors (Lipinski definition) is 2. The van der Waals surface area contributed by atoms with Crippen molar-refractivity contribution in [2.24, 2.45) is 5.92 Å². The number of esters is 1. The van der Waals surface area contributed by atoms with Gasteiger partial charge in [-0.3, -0.25) is 14.4 Å². The number of carbonyl (C=O) groups excluding carboxylic acids is 3. The largest absolute Gasteiger partial charge is 0.494 e. The number of rotatable bonds is 8. The number of ether oxygens (including phenoxy) is 2. The van der Waals surface area contributed by atoms with Crippen LogP contribution in [0.1, 0.15) is 49.4 Å². The maximum absolute atomic E-state index is 12.4. The van der Waals surface area contributed by atoms with Crippen molar-refractivity contribution < 1.29 is 23.9 Å². The summed E-state index contributed by atoms with van der Waals surface area (Å²) in [6.07, 6.45) is 4.88. The van der Waals surface area contributed by atoms with Gasteiger partial charge in [-0.05, 0) is 68.3 Å². The molecule has 0 radical (unpaired) electrons. The van der Waals surface area contributed by atoms with Gasteiger partial charge in [-0.2, -0.15) is 0 Å². The molecule has 0 saturated heterocycles. The van der Waals surface area contributed by atoms with Gasteiger partial charge >= 0.3 is 5.97 Å². The highest BCUT2D eigenvalue weighted by atomic mass is 16.5. The van der Waals surface area contributed by atoms with Crippen LogP contribution in [-0.2, 0) is 14.3 Å². The monoisotopic (exact) mass is 424 g/mol. The Kier molecular flexibility index (Phi) is 8.04. The fraction of sp³-hybridized carbons (Fsp3) is 0.375. The lowest BCUT2D eigenvalue weighted by Gasteiger charge is -2.19.